The summed E-state index contributed by atoms with van der Waals surface area (Å²) >= 11 is 0. The van der Waals surface area contributed by atoms with Gasteiger partial charge in [0, 0.05) is 25.9 Å². The quantitative estimate of drug-likeness (QED) is 0.586. The molecule has 0 unspecified atom stereocenters. The van der Waals surface area contributed by atoms with Crippen LogP contribution < -0.4 is 20.3 Å². The Balaban J connectivity index is 2.66. The third-order valence-electron chi connectivity index (χ3n) is 3.44. The van der Waals surface area contributed by atoms with Crippen LogP contribution >= 0.6 is 0 Å². The van der Waals surface area contributed by atoms with Gasteiger partial charge >= 0.3 is 6.30 Å². The number of hydrogen-bond donors (Lipinski definition) is 2. The third-order valence-corrected chi connectivity index (χ3v) is 3.44. The topological polar surface area (TPSA) is 79.4 Å². The lowest BCUT2D eigenvalue weighted by Gasteiger charge is -2.27. The summed E-state index contributed by atoms with van der Waals surface area (Å²) in [4.78, 5) is 18.9. The number of carbonyl (C=O) groups is 1. The SMILES string of the molecule is CCNc1ccnc(N(c2cc(F)c(C(=O)NC)cc2OC)C(F)(F)F)n1. The molecule has 1 aromatic carbocycles. The smallest absolute Gasteiger partial charge is 0.491 e. The first-order valence-electron chi connectivity index (χ1n) is 7.76. The second kappa shape index (κ2) is 8.06. The lowest BCUT2D eigenvalue weighted by atomic mass is 10.1. The Hall–Kier alpha value is -3.11. The molecule has 0 saturated heterocycles. The number of hydrogen-bond acceptors (Lipinski definition) is 6. The fourth-order valence-electron chi connectivity index (χ4n) is 2.28. The highest BCUT2D eigenvalue weighted by Gasteiger charge is 2.43. The van der Waals surface area contributed by atoms with E-state index in [1.165, 1.54) is 13.1 Å². The van der Waals surface area contributed by atoms with Crippen molar-refractivity contribution in [3.05, 3.63) is 35.8 Å². The van der Waals surface area contributed by atoms with Gasteiger partial charge in [0.05, 0.1) is 18.4 Å². The van der Waals surface area contributed by atoms with E-state index in [0.29, 0.717) is 12.6 Å². The van der Waals surface area contributed by atoms with Crippen molar-refractivity contribution in [3.8, 4) is 5.75 Å². The summed E-state index contributed by atoms with van der Waals surface area (Å²) in [6, 6.07) is 2.84. The Morgan fingerprint density at radius 2 is 2.04 bits per heavy atom. The highest BCUT2D eigenvalue weighted by Crippen LogP contribution is 2.41. The van der Waals surface area contributed by atoms with Gasteiger partial charge in [0.15, 0.2) is 0 Å². The molecule has 1 amide bonds. The summed E-state index contributed by atoms with van der Waals surface area (Å²) in [5.74, 6) is -2.89. The minimum Gasteiger partial charge on any atom is -0.495 e. The normalized spacial score (nSPS) is 11.1. The fraction of sp³-hybridized carbons (Fsp3) is 0.312. The second-order valence-electron chi connectivity index (χ2n) is 5.16. The standard InChI is InChI=1S/C16H17F4N5O2/c1-4-22-13-5-6-23-15(24-13)25(16(18,19)20)11-8-10(17)9(14(26)21-2)7-12(11)27-3/h5-8H,4H2,1-3H3,(H,21,26)(H,22,23,24). The van der Waals surface area contributed by atoms with Crippen molar-refractivity contribution in [2.75, 3.05) is 30.9 Å². The van der Waals surface area contributed by atoms with Gasteiger partial charge in [-0.3, -0.25) is 4.79 Å². The predicted octanol–water partition coefficient (Wildman–Crippen LogP) is 3.07. The molecule has 11 heteroatoms. The number of rotatable bonds is 6. The molecular formula is C16H17F4N5O2. The monoisotopic (exact) mass is 387 g/mol. The van der Waals surface area contributed by atoms with E-state index < -0.39 is 35.2 Å². The number of ether oxygens (including phenoxy) is 1. The summed E-state index contributed by atoms with van der Waals surface area (Å²) in [5, 5.41) is 4.98. The molecule has 0 aliphatic rings. The minimum absolute atomic E-state index is 0.165. The zero-order valence-corrected chi connectivity index (χ0v) is 14.7. The van der Waals surface area contributed by atoms with Gasteiger partial charge in [-0.05, 0) is 19.1 Å². The zero-order chi connectivity index (χ0) is 20.2. The third kappa shape index (κ3) is 4.36. The van der Waals surface area contributed by atoms with Crippen LogP contribution in [0, 0.1) is 5.82 Å². The van der Waals surface area contributed by atoms with Crippen molar-refractivity contribution in [1.82, 2.24) is 15.3 Å². The highest BCUT2D eigenvalue weighted by atomic mass is 19.4. The number of benzene rings is 1. The molecule has 7 nitrogen and oxygen atoms in total. The Kier molecular flexibility index (Phi) is 6.03. The number of nitrogens with one attached hydrogen (secondary N) is 2. The molecule has 0 atom stereocenters. The molecule has 2 aromatic rings. The zero-order valence-electron chi connectivity index (χ0n) is 14.7. The maximum Gasteiger partial charge on any atom is 0.491 e. The summed E-state index contributed by atoms with van der Waals surface area (Å²) in [7, 11) is 2.37. The van der Waals surface area contributed by atoms with Gasteiger partial charge in [0.25, 0.3) is 5.91 Å². The van der Waals surface area contributed by atoms with Crippen molar-refractivity contribution < 1.29 is 27.1 Å². The molecule has 0 radical (unpaired) electrons. The van der Waals surface area contributed by atoms with Gasteiger partial charge in [-0.2, -0.15) is 4.98 Å². The molecule has 2 rings (SSSR count). The Morgan fingerprint density at radius 1 is 1.33 bits per heavy atom. The lowest BCUT2D eigenvalue weighted by molar-refractivity contribution is -0.121. The average molecular weight is 387 g/mol. The Morgan fingerprint density at radius 3 is 2.59 bits per heavy atom. The predicted molar refractivity (Wildman–Crippen MR) is 90.7 cm³/mol. The molecule has 2 N–H and O–H groups in total. The summed E-state index contributed by atoms with van der Waals surface area (Å²) in [6.07, 6.45) is -3.85. The Bertz CT molecular complexity index is 829. The van der Waals surface area contributed by atoms with Crippen LogP contribution in [0.2, 0.25) is 0 Å². The van der Waals surface area contributed by atoms with Gasteiger partial charge in [0.2, 0.25) is 5.95 Å². The molecule has 1 heterocycles. The van der Waals surface area contributed by atoms with Crippen molar-refractivity contribution in [3.63, 3.8) is 0 Å². The first kappa shape index (κ1) is 20.2. The van der Waals surface area contributed by atoms with E-state index in [1.54, 1.807) is 6.92 Å². The maximum atomic E-state index is 14.3. The van der Waals surface area contributed by atoms with Gasteiger partial charge in [-0.25, -0.2) is 14.3 Å². The highest BCUT2D eigenvalue weighted by molar-refractivity contribution is 5.95. The molecular weight excluding hydrogens is 370 g/mol. The number of nitrogens with zero attached hydrogens (tertiary/aromatic N) is 3. The minimum atomic E-state index is -4.99. The molecule has 146 valence electrons. The van der Waals surface area contributed by atoms with Crippen molar-refractivity contribution >= 4 is 23.4 Å². The number of halogens is 4. The Labute approximate surface area is 152 Å². The van der Waals surface area contributed by atoms with Gasteiger partial charge in [0.1, 0.15) is 17.4 Å². The van der Waals surface area contributed by atoms with Crippen molar-refractivity contribution in [2.45, 2.75) is 13.2 Å². The molecule has 27 heavy (non-hydrogen) atoms. The number of aromatic nitrogens is 2. The first-order valence-corrected chi connectivity index (χ1v) is 7.76. The van der Waals surface area contributed by atoms with E-state index in [4.69, 9.17) is 4.74 Å². The largest absolute Gasteiger partial charge is 0.495 e. The molecule has 0 saturated carbocycles. The van der Waals surface area contributed by atoms with E-state index in [9.17, 15) is 22.4 Å². The van der Waals surface area contributed by atoms with Crippen molar-refractivity contribution in [2.24, 2.45) is 0 Å². The van der Waals surface area contributed by atoms with Crippen LogP contribution in [-0.2, 0) is 0 Å². The van der Waals surface area contributed by atoms with E-state index in [0.717, 1.165) is 19.4 Å². The summed E-state index contributed by atoms with van der Waals surface area (Å²) < 4.78 is 60.5. The molecule has 0 spiro atoms. The molecule has 1 aromatic heterocycles. The van der Waals surface area contributed by atoms with Crippen LogP contribution in [0.4, 0.5) is 35.0 Å². The lowest BCUT2D eigenvalue weighted by Crippen LogP contribution is -2.35. The molecule has 0 fully saturated rings. The van der Waals surface area contributed by atoms with Crippen LogP contribution in [0.15, 0.2) is 24.4 Å². The van der Waals surface area contributed by atoms with E-state index in [-0.39, 0.29) is 16.5 Å². The van der Waals surface area contributed by atoms with Crippen LogP contribution in [-0.4, -0.2) is 42.9 Å². The maximum absolute atomic E-state index is 14.3. The molecule has 0 bridgehead atoms. The van der Waals surface area contributed by atoms with E-state index in [1.807, 2.05) is 0 Å². The first-order chi connectivity index (χ1) is 12.7. The number of carbonyl (C=O) groups excluding carboxylic acids is 1. The van der Waals surface area contributed by atoms with Gasteiger partial charge in [-0.15, -0.1) is 13.2 Å². The summed E-state index contributed by atoms with van der Waals surface area (Å²) in [5.41, 5.74) is -1.15. The average Bonchev–Trinajstić information content (AvgIpc) is 2.61. The number of alkyl halides is 3. The van der Waals surface area contributed by atoms with Crippen molar-refractivity contribution in [1.29, 1.82) is 0 Å². The molecule has 0 aliphatic heterocycles. The van der Waals surface area contributed by atoms with Crippen LogP contribution in [0.25, 0.3) is 0 Å². The van der Waals surface area contributed by atoms with E-state index >= 15 is 0 Å². The van der Waals surface area contributed by atoms with Crippen LogP contribution in [0.1, 0.15) is 17.3 Å². The summed E-state index contributed by atoms with van der Waals surface area (Å²) in [6.45, 7) is 2.18. The van der Waals surface area contributed by atoms with Gasteiger partial charge < -0.3 is 15.4 Å². The van der Waals surface area contributed by atoms with Gasteiger partial charge in [-0.1, -0.05) is 0 Å². The number of amides is 1. The van der Waals surface area contributed by atoms with Crippen LogP contribution in [0.3, 0.4) is 0 Å². The second-order valence-corrected chi connectivity index (χ2v) is 5.16. The van der Waals surface area contributed by atoms with E-state index in [2.05, 4.69) is 20.6 Å². The van der Waals surface area contributed by atoms with Crippen LogP contribution in [0.5, 0.6) is 5.75 Å². The molecule has 0 aliphatic carbocycles. The number of methoxy groups -OCH3 is 1. The number of anilines is 3. The fourth-order valence-corrected chi connectivity index (χ4v) is 2.28.